The minimum atomic E-state index is -1.05. The van der Waals surface area contributed by atoms with Gasteiger partial charge in [-0.2, -0.15) is 5.10 Å². The van der Waals surface area contributed by atoms with E-state index >= 15 is 0 Å². The molecule has 1 saturated heterocycles. The fourth-order valence-electron chi connectivity index (χ4n) is 2.55. The van der Waals surface area contributed by atoms with Gasteiger partial charge in [0.05, 0.1) is 6.21 Å². The maximum Gasteiger partial charge on any atom is 0.341 e. The molecule has 160 valence electrons. The number of carboxylic acids is 1. The Labute approximate surface area is 182 Å². The molecule has 2 amide bonds. The van der Waals surface area contributed by atoms with Crippen molar-refractivity contribution < 1.29 is 24.2 Å². The molecule has 0 spiro atoms. The van der Waals surface area contributed by atoms with Crippen molar-refractivity contribution in [3.63, 3.8) is 0 Å². The van der Waals surface area contributed by atoms with E-state index < -0.39 is 17.8 Å². The normalized spacial score (nSPS) is 17.0. The van der Waals surface area contributed by atoms with E-state index in [-0.39, 0.29) is 18.2 Å². The predicted molar refractivity (Wildman–Crippen MR) is 119 cm³/mol. The number of amides is 2. The predicted octanol–water partition coefficient (Wildman–Crippen LogP) is 2.41. The number of hydrogen-bond acceptors (Lipinski definition) is 7. The lowest BCUT2D eigenvalue weighted by molar-refractivity contribution is -0.139. The summed E-state index contributed by atoms with van der Waals surface area (Å²) in [5, 5.41) is 21.6. The van der Waals surface area contributed by atoms with E-state index in [9.17, 15) is 14.4 Å². The number of aliphatic carboxylic acids is 1. The van der Waals surface area contributed by atoms with Crippen LogP contribution in [0.4, 0.5) is 5.69 Å². The molecule has 2 aromatic rings. The summed E-state index contributed by atoms with van der Waals surface area (Å²) in [4.78, 5) is 34.8. The third-order valence-electron chi connectivity index (χ3n) is 4.08. The van der Waals surface area contributed by atoms with E-state index in [0.717, 1.165) is 22.9 Å². The Morgan fingerprint density at radius 1 is 1.19 bits per heavy atom. The molecule has 0 saturated carbocycles. The Balaban J connectivity index is 1.50. The van der Waals surface area contributed by atoms with Gasteiger partial charge in [0.15, 0.2) is 11.8 Å². The van der Waals surface area contributed by atoms with Gasteiger partial charge in [0.25, 0.3) is 0 Å². The van der Waals surface area contributed by atoms with Crippen LogP contribution in [0.5, 0.6) is 5.75 Å². The van der Waals surface area contributed by atoms with Gasteiger partial charge < -0.3 is 20.5 Å². The number of nitrogens with one attached hydrogen (secondary N) is 2. The highest BCUT2D eigenvalue weighted by molar-refractivity contribution is 8.15. The van der Waals surface area contributed by atoms with E-state index in [4.69, 9.17) is 9.84 Å². The summed E-state index contributed by atoms with van der Waals surface area (Å²) in [7, 11) is 0. The molecule has 1 unspecified atom stereocenters. The molecule has 1 heterocycles. The van der Waals surface area contributed by atoms with Crippen molar-refractivity contribution in [2.24, 2.45) is 10.2 Å². The first kappa shape index (κ1) is 22.0. The lowest BCUT2D eigenvalue weighted by Crippen LogP contribution is -2.28. The second-order valence-electron chi connectivity index (χ2n) is 6.62. The number of nitrogens with zero attached hydrogens (tertiary/aromatic N) is 2. The Bertz CT molecular complexity index is 1020. The molecule has 1 aliphatic heterocycles. The number of carbonyl (C=O) groups is 3. The van der Waals surface area contributed by atoms with E-state index in [2.05, 4.69) is 20.8 Å². The van der Waals surface area contributed by atoms with Crippen LogP contribution in [0.1, 0.15) is 17.5 Å². The molecule has 3 N–H and O–H groups in total. The fraction of sp³-hybridized carbons (Fsp3) is 0.190. The van der Waals surface area contributed by atoms with Crippen molar-refractivity contribution in [1.82, 2.24) is 5.32 Å². The van der Waals surface area contributed by atoms with Crippen LogP contribution >= 0.6 is 11.8 Å². The third-order valence-corrected chi connectivity index (χ3v) is 5.15. The van der Waals surface area contributed by atoms with E-state index in [1.807, 2.05) is 31.2 Å². The van der Waals surface area contributed by atoms with Gasteiger partial charge in [0.1, 0.15) is 11.0 Å². The molecule has 0 aromatic heterocycles. The van der Waals surface area contributed by atoms with Crippen LogP contribution in [0, 0.1) is 6.92 Å². The molecule has 0 bridgehead atoms. The number of rotatable bonds is 8. The van der Waals surface area contributed by atoms with Gasteiger partial charge in [-0.25, -0.2) is 4.79 Å². The van der Waals surface area contributed by atoms with Crippen LogP contribution in [-0.2, 0) is 14.4 Å². The van der Waals surface area contributed by atoms with Gasteiger partial charge in [-0.1, -0.05) is 29.5 Å². The number of ether oxygens (including phenoxy) is 1. The highest BCUT2D eigenvalue weighted by Crippen LogP contribution is 2.23. The van der Waals surface area contributed by atoms with Crippen molar-refractivity contribution >= 4 is 46.6 Å². The van der Waals surface area contributed by atoms with Gasteiger partial charge >= 0.3 is 5.97 Å². The Hall–Kier alpha value is -3.66. The van der Waals surface area contributed by atoms with Crippen LogP contribution in [0.25, 0.3) is 0 Å². The Morgan fingerprint density at radius 3 is 2.58 bits per heavy atom. The number of thioether (sulfide) groups is 1. The number of amidine groups is 1. The van der Waals surface area contributed by atoms with Crippen molar-refractivity contribution in [3.8, 4) is 5.75 Å². The second-order valence-corrected chi connectivity index (χ2v) is 7.81. The minimum Gasteiger partial charge on any atom is -0.482 e. The molecule has 1 fully saturated rings. The number of hydrogen-bond donors (Lipinski definition) is 3. The van der Waals surface area contributed by atoms with Gasteiger partial charge in [0, 0.05) is 12.1 Å². The number of benzene rings is 2. The molecule has 10 heteroatoms. The lowest BCUT2D eigenvalue weighted by atomic mass is 10.2. The Morgan fingerprint density at radius 2 is 1.90 bits per heavy atom. The number of anilines is 1. The van der Waals surface area contributed by atoms with Gasteiger partial charge in [-0.3, -0.25) is 9.59 Å². The van der Waals surface area contributed by atoms with Crippen molar-refractivity contribution in [3.05, 3.63) is 59.7 Å². The summed E-state index contributed by atoms with van der Waals surface area (Å²) < 4.78 is 5.05. The number of carbonyl (C=O) groups excluding carboxylic acids is 2. The second kappa shape index (κ2) is 10.4. The molecule has 0 aliphatic carbocycles. The van der Waals surface area contributed by atoms with Crippen molar-refractivity contribution in [2.75, 3.05) is 11.9 Å². The molecule has 3 rings (SSSR count). The maximum absolute atomic E-state index is 12.2. The zero-order valence-corrected chi connectivity index (χ0v) is 17.4. The molecule has 9 nitrogen and oxygen atoms in total. The first-order valence-electron chi connectivity index (χ1n) is 9.29. The SMILES string of the molecule is Cc1ccc(NC(=O)CC2S/C(=N/N=C/c3ccc(OCC(=O)O)cc3)NC2=O)cc1. The number of carboxylic acid groups (broad SMARTS) is 1. The smallest absolute Gasteiger partial charge is 0.341 e. The van der Waals surface area contributed by atoms with Crippen LogP contribution < -0.4 is 15.4 Å². The molecular formula is C21H20N4O5S. The van der Waals surface area contributed by atoms with Crippen LogP contribution in [0.15, 0.2) is 58.7 Å². The zero-order valence-electron chi connectivity index (χ0n) is 16.6. The van der Waals surface area contributed by atoms with Crippen LogP contribution in [0.3, 0.4) is 0 Å². The molecule has 1 aliphatic rings. The zero-order chi connectivity index (χ0) is 22.2. The van der Waals surface area contributed by atoms with Gasteiger partial charge in [-0.15, -0.1) is 5.10 Å². The molecule has 31 heavy (non-hydrogen) atoms. The third kappa shape index (κ3) is 6.96. The summed E-state index contributed by atoms with van der Waals surface area (Å²) in [6.07, 6.45) is 1.50. The standard InChI is InChI=1S/C21H20N4O5S/c1-13-2-6-15(7-3-13)23-18(26)10-17-20(29)24-21(31-17)25-22-11-14-4-8-16(9-5-14)30-12-19(27)28/h2-9,11,17H,10,12H2,1H3,(H,23,26)(H,27,28)(H,24,25,29)/b22-11+. The summed E-state index contributed by atoms with van der Waals surface area (Å²) in [6.45, 7) is 1.54. The minimum absolute atomic E-state index is 0.0188. The highest BCUT2D eigenvalue weighted by Gasteiger charge is 2.32. The van der Waals surface area contributed by atoms with Crippen LogP contribution in [0.2, 0.25) is 0 Å². The van der Waals surface area contributed by atoms with Crippen molar-refractivity contribution in [2.45, 2.75) is 18.6 Å². The Kier molecular flexibility index (Phi) is 7.39. The highest BCUT2D eigenvalue weighted by atomic mass is 32.2. The molecule has 2 aromatic carbocycles. The van der Waals surface area contributed by atoms with E-state index in [1.54, 1.807) is 24.3 Å². The maximum atomic E-state index is 12.2. The summed E-state index contributed by atoms with van der Waals surface area (Å²) in [5.41, 5.74) is 2.49. The molecule has 1 atom stereocenters. The average molecular weight is 440 g/mol. The van der Waals surface area contributed by atoms with E-state index in [1.165, 1.54) is 6.21 Å². The topological polar surface area (TPSA) is 129 Å². The summed E-state index contributed by atoms with van der Waals surface area (Å²) >= 11 is 1.15. The largest absolute Gasteiger partial charge is 0.482 e. The molecule has 0 radical (unpaired) electrons. The fourth-order valence-corrected chi connectivity index (χ4v) is 3.47. The number of aryl methyl sites for hydroxylation is 1. The average Bonchev–Trinajstić information content (AvgIpc) is 3.08. The quantitative estimate of drug-likeness (QED) is 0.427. The van der Waals surface area contributed by atoms with Gasteiger partial charge in [-0.05, 0) is 48.9 Å². The first-order valence-corrected chi connectivity index (χ1v) is 10.2. The molecular weight excluding hydrogens is 420 g/mol. The van der Waals surface area contributed by atoms with Crippen molar-refractivity contribution in [1.29, 1.82) is 0 Å². The summed E-state index contributed by atoms with van der Waals surface area (Å²) in [6, 6.07) is 14.0. The monoisotopic (exact) mass is 440 g/mol. The first-order chi connectivity index (χ1) is 14.9. The van der Waals surface area contributed by atoms with Gasteiger partial charge in [0.2, 0.25) is 11.8 Å². The van der Waals surface area contributed by atoms with Crippen LogP contribution in [-0.4, -0.2) is 46.1 Å². The van der Waals surface area contributed by atoms with E-state index in [0.29, 0.717) is 16.6 Å². The summed E-state index contributed by atoms with van der Waals surface area (Å²) in [5.74, 6) is -1.18. The lowest BCUT2D eigenvalue weighted by Gasteiger charge is -2.07.